The van der Waals surface area contributed by atoms with E-state index < -0.39 is 0 Å². The molecule has 4 rings (SSSR count). The van der Waals surface area contributed by atoms with Crippen molar-refractivity contribution >= 4 is 34.6 Å². The number of carbonyl (C=O) groups is 1. The van der Waals surface area contributed by atoms with Gasteiger partial charge in [-0.1, -0.05) is 80.0 Å². The van der Waals surface area contributed by atoms with Crippen molar-refractivity contribution in [3.8, 4) is 11.3 Å². The van der Waals surface area contributed by atoms with Crippen LogP contribution >= 0.6 is 11.6 Å². The lowest BCUT2D eigenvalue weighted by molar-refractivity contribution is 0.0956. The van der Waals surface area contributed by atoms with E-state index in [-0.39, 0.29) is 5.91 Å². The molecular weight excluding hydrogens is 406 g/mol. The SMILES string of the molecule is CC(C)c1ccc(/C=N\NC(=O)c2cc(-c3ccc(Cl)cc3)nc3ccccc23)cc1. The molecule has 1 amide bonds. The van der Waals surface area contributed by atoms with Crippen LogP contribution in [0.15, 0.2) is 84.0 Å². The van der Waals surface area contributed by atoms with E-state index in [0.717, 1.165) is 22.0 Å². The molecule has 0 bridgehead atoms. The third kappa shape index (κ3) is 4.81. The fourth-order valence-corrected chi connectivity index (χ4v) is 3.45. The van der Waals surface area contributed by atoms with Gasteiger partial charge in [-0.15, -0.1) is 0 Å². The quantitative estimate of drug-likeness (QED) is 0.294. The second-order valence-electron chi connectivity index (χ2n) is 7.60. The number of para-hydroxylation sites is 1. The molecule has 154 valence electrons. The molecule has 0 saturated carbocycles. The predicted octanol–water partition coefficient (Wildman–Crippen LogP) is 6.44. The first-order valence-corrected chi connectivity index (χ1v) is 10.5. The van der Waals surface area contributed by atoms with Crippen LogP contribution in [0.3, 0.4) is 0 Å². The zero-order chi connectivity index (χ0) is 21.8. The molecule has 0 radical (unpaired) electrons. The highest BCUT2D eigenvalue weighted by Crippen LogP contribution is 2.26. The van der Waals surface area contributed by atoms with E-state index in [4.69, 9.17) is 16.6 Å². The highest BCUT2D eigenvalue weighted by atomic mass is 35.5. The number of aromatic nitrogens is 1. The molecule has 0 spiro atoms. The molecule has 0 unspecified atom stereocenters. The van der Waals surface area contributed by atoms with E-state index in [1.54, 1.807) is 12.3 Å². The van der Waals surface area contributed by atoms with Gasteiger partial charge in [0.2, 0.25) is 0 Å². The van der Waals surface area contributed by atoms with Gasteiger partial charge in [-0.3, -0.25) is 4.79 Å². The number of halogens is 1. The van der Waals surface area contributed by atoms with Crippen molar-refractivity contribution in [2.75, 3.05) is 0 Å². The van der Waals surface area contributed by atoms with Gasteiger partial charge in [0.25, 0.3) is 5.91 Å². The molecular formula is C26H22ClN3O. The summed E-state index contributed by atoms with van der Waals surface area (Å²) in [5.74, 6) is 0.185. The van der Waals surface area contributed by atoms with Crippen molar-refractivity contribution < 1.29 is 4.79 Å². The Bertz CT molecular complexity index is 1250. The second kappa shape index (κ2) is 9.11. The normalized spacial score (nSPS) is 11.4. The first-order valence-electron chi connectivity index (χ1n) is 10.1. The zero-order valence-corrected chi connectivity index (χ0v) is 18.1. The van der Waals surface area contributed by atoms with Crippen molar-refractivity contribution in [1.82, 2.24) is 10.4 Å². The Labute approximate surface area is 186 Å². The highest BCUT2D eigenvalue weighted by Gasteiger charge is 2.13. The molecule has 0 atom stereocenters. The smallest absolute Gasteiger partial charge is 0.267 e. The Hall–Kier alpha value is -3.50. The summed E-state index contributed by atoms with van der Waals surface area (Å²) in [5.41, 5.74) is 7.68. The summed E-state index contributed by atoms with van der Waals surface area (Å²) in [5, 5.41) is 5.57. The van der Waals surface area contributed by atoms with E-state index in [9.17, 15) is 4.79 Å². The standard InChI is InChI=1S/C26H22ClN3O/c1-17(2)19-9-7-18(8-10-19)16-28-30-26(31)23-15-25(20-11-13-21(27)14-12-20)29-24-6-4-3-5-22(23)24/h3-17H,1-2H3,(H,30,31)/b28-16-. The van der Waals surface area contributed by atoms with E-state index in [0.29, 0.717) is 22.2 Å². The van der Waals surface area contributed by atoms with Gasteiger partial charge in [0.05, 0.1) is 23.0 Å². The summed E-state index contributed by atoms with van der Waals surface area (Å²) < 4.78 is 0. The highest BCUT2D eigenvalue weighted by molar-refractivity contribution is 6.30. The summed E-state index contributed by atoms with van der Waals surface area (Å²) in [4.78, 5) is 17.7. The Morgan fingerprint density at radius 2 is 1.71 bits per heavy atom. The van der Waals surface area contributed by atoms with Crippen molar-refractivity contribution in [2.45, 2.75) is 19.8 Å². The Morgan fingerprint density at radius 3 is 2.42 bits per heavy atom. The number of pyridine rings is 1. The monoisotopic (exact) mass is 427 g/mol. The second-order valence-corrected chi connectivity index (χ2v) is 8.04. The van der Waals surface area contributed by atoms with Crippen LogP contribution in [-0.2, 0) is 0 Å². The van der Waals surface area contributed by atoms with Crippen LogP contribution in [-0.4, -0.2) is 17.1 Å². The average molecular weight is 428 g/mol. The lowest BCUT2D eigenvalue weighted by atomic mass is 10.0. The average Bonchev–Trinajstić information content (AvgIpc) is 2.79. The maximum Gasteiger partial charge on any atom is 0.272 e. The van der Waals surface area contributed by atoms with Crippen LogP contribution in [0, 0.1) is 0 Å². The van der Waals surface area contributed by atoms with Crippen LogP contribution in [0.25, 0.3) is 22.2 Å². The van der Waals surface area contributed by atoms with E-state index >= 15 is 0 Å². The summed E-state index contributed by atoms with van der Waals surface area (Å²) in [7, 11) is 0. The van der Waals surface area contributed by atoms with Crippen LogP contribution < -0.4 is 5.43 Å². The number of fused-ring (bicyclic) bond motifs is 1. The number of benzene rings is 3. The molecule has 0 saturated heterocycles. The van der Waals surface area contributed by atoms with Gasteiger partial charge < -0.3 is 0 Å². The van der Waals surface area contributed by atoms with Gasteiger partial charge in [0, 0.05) is 16.0 Å². The first kappa shape index (κ1) is 20.8. The molecule has 0 aliphatic rings. The third-order valence-electron chi connectivity index (χ3n) is 5.08. The molecule has 1 N–H and O–H groups in total. The van der Waals surface area contributed by atoms with Crippen molar-refractivity contribution in [3.05, 3.63) is 101 Å². The number of amides is 1. The van der Waals surface area contributed by atoms with Crippen LogP contribution in [0.2, 0.25) is 5.02 Å². The van der Waals surface area contributed by atoms with Crippen molar-refractivity contribution in [2.24, 2.45) is 5.10 Å². The molecule has 4 aromatic rings. The predicted molar refractivity (Wildman–Crippen MR) is 128 cm³/mol. The largest absolute Gasteiger partial charge is 0.272 e. The number of carbonyl (C=O) groups excluding carboxylic acids is 1. The lowest BCUT2D eigenvalue weighted by Gasteiger charge is -2.09. The summed E-state index contributed by atoms with van der Waals surface area (Å²) in [6.07, 6.45) is 1.64. The molecule has 0 aliphatic carbocycles. The summed E-state index contributed by atoms with van der Waals surface area (Å²) in [6, 6.07) is 24.9. The molecule has 0 aliphatic heterocycles. The van der Waals surface area contributed by atoms with Crippen LogP contribution in [0.5, 0.6) is 0 Å². The molecule has 4 nitrogen and oxygen atoms in total. The van der Waals surface area contributed by atoms with Gasteiger partial charge in [0.15, 0.2) is 0 Å². The molecule has 1 aromatic heterocycles. The summed E-state index contributed by atoms with van der Waals surface area (Å²) >= 11 is 6.01. The van der Waals surface area contributed by atoms with Crippen molar-refractivity contribution in [1.29, 1.82) is 0 Å². The van der Waals surface area contributed by atoms with Gasteiger partial charge in [-0.05, 0) is 41.3 Å². The number of rotatable bonds is 5. The number of hydrogen-bond donors (Lipinski definition) is 1. The molecule has 3 aromatic carbocycles. The maximum absolute atomic E-state index is 13.0. The minimum Gasteiger partial charge on any atom is -0.267 e. The minimum atomic E-state index is -0.288. The van der Waals surface area contributed by atoms with Gasteiger partial charge in [-0.25, -0.2) is 10.4 Å². The molecule has 31 heavy (non-hydrogen) atoms. The lowest BCUT2D eigenvalue weighted by Crippen LogP contribution is -2.18. The molecule has 0 fully saturated rings. The Kier molecular flexibility index (Phi) is 6.10. The van der Waals surface area contributed by atoms with Crippen LogP contribution in [0.4, 0.5) is 0 Å². The Morgan fingerprint density at radius 1 is 1.00 bits per heavy atom. The van der Waals surface area contributed by atoms with E-state index in [2.05, 4.69) is 36.5 Å². The van der Waals surface area contributed by atoms with Crippen molar-refractivity contribution in [3.63, 3.8) is 0 Å². The van der Waals surface area contributed by atoms with Crippen LogP contribution in [0.1, 0.15) is 41.3 Å². The van der Waals surface area contributed by atoms with Gasteiger partial charge in [-0.2, -0.15) is 5.10 Å². The fraction of sp³-hybridized carbons (Fsp3) is 0.115. The zero-order valence-electron chi connectivity index (χ0n) is 17.3. The van der Waals surface area contributed by atoms with Gasteiger partial charge >= 0.3 is 0 Å². The molecule has 5 heteroatoms. The number of hydrazone groups is 1. The topological polar surface area (TPSA) is 54.4 Å². The number of nitrogens with zero attached hydrogens (tertiary/aromatic N) is 2. The third-order valence-corrected chi connectivity index (χ3v) is 5.34. The van der Waals surface area contributed by atoms with E-state index in [1.165, 1.54) is 5.56 Å². The maximum atomic E-state index is 13.0. The Balaban J connectivity index is 1.61. The van der Waals surface area contributed by atoms with E-state index in [1.807, 2.05) is 60.7 Å². The first-order chi connectivity index (χ1) is 15.0. The number of hydrogen-bond acceptors (Lipinski definition) is 3. The summed E-state index contributed by atoms with van der Waals surface area (Å²) in [6.45, 7) is 4.31. The number of nitrogens with one attached hydrogen (secondary N) is 1. The fourth-order valence-electron chi connectivity index (χ4n) is 3.32. The molecule has 1 heterocycles. The van der Waals surface area contributed by atoms with Gasteiger partial charge in [0.1, 0.15) is 0 Å². The minimum absolute atomic E-state index is 0.288.